The average Bonchev–Trinajstić information content (AvgIpc) is 2.28. The number of carbonyl (C=O) groups is 3. The van der Waals surface area contributed by atoms with Crippen LogP contribution in [-0.2, 0) is 14.3 Å². The van der Waals surface area contributed by atoms with Gasteiger partial charge in [-0.2, -0.15) is 0 Å². The van der Waals surface area contributed by atoms with Crippen LogP contribution in [0.4, 0.5) is 4.79 Å². The van der Waals surface area contributed by atoms with Gasteiger partial charge in [-0.05, 0) is 13.8 Å². The standard InChI is InChI=1S/C10H20N4O4/c1-3-12-10(17)14-9(16)7(2)13-4-5-18-6-8(11)15/h7,13H,3-6H2,1-2H3,(H2,11,15)(H2,12,14,16,17). The number of primary amides is 1. The van der Waals surface area contributed by atoms with Crippen molar-refractivity contribution >= 4 is 17.8 Å². The highest BCUT2D eigenvalue weighted by Gasteiger charge is 2.14. The van der Waals surface area contributed by atoms with Gasteiger partial charge in [0.25, 0.3) is 0 Å². The summed E-state index contributed by atoms with van der Waals surface area (Å²) in [6.07, 6.45) is 0. The molecule has 8 heteroatoms. The maximum Gasteiger partial charge on any atom is 0.321 e. The van der Waals surface area contributed by atoms with E-state index < -0.39 is 23.9 Å². The van der Waals surface area contributed by atoms with Crippen LogP contribution in [0.1, 0.15) is 13.8 Å². The number of ether oxygens (including phenoxy) is 1. The molecule has 0 radical (unpaired) electrons. The van der Waals surface area contributed by atoms with Crippen molar-refractivity contribution in [2.24, 2.45) is 5.73 Å². The first kappa shape index (κ1) is 16.3. The van der Waals surface area contributed by atoms with Crippen molar-refractivity contribution in [3.63, 3.8) is 0 Å². The van der Waals surface area contributed by atoms with E-state index in [0.717, 1.165) is 0 Å². The lowest BCUT2D eigenvalue weighted by molar-refractivity contribution is -0.123. The van der Waals surface area contributed by atoms with E-state index in [9.17, 15) is 14.4 Å². The van der Waals surface area contributed by atoms with Gasteiger partial charge in [0.15, 0.2) is 0 Å². The molecule has 0 heterocycles. The Morgan fingerprint density at radius 1 is 1.33 bits per heavy atom. The third-order valence-corrected chi connectivity index (χ3v) is 1.91. The molecule has 0 aromatic heterocycles. The van der Waals surface area contributed by atoms with Crippen molar-refractivity contribution in [3.05, 3.63) is 0 Å². The maximum absolute atomic E-state index is 11.5. The van der Waals surface area contributed by atoms with Crippen molar-refractivity contribution in [3.8, 4) is 0 Å². The Kier molecular flexibility index (Phi) is 8.50. The molecule has 0 aliphatic carbocycles. The first-order chi connectivity index (χ1) is 8.47. The highest BCUT2D eigenvalue weighted by Crippen LogP contribution is 1.82. The lowest BCUT2D eigenvalue weighted by atomic mass is 10.3. The predicted octanol–water partition coefficient (Wildman–Crippen LogP) is -1.69. The number of amides is 4. The number of hydrogen-bond donors (Lipinski definition) is 4. The molecule has 0 fully saturated rings. The second-order valence-corrected chi connectivity index (χ2v) is 3.54. The molecule has 0 bridgehead atoms. The van der Waals surface area contributed by atoms with Gasteiger partial charge in [-0.25, -0.2) is 4.79 Å². The van der Waals surface area contributed by atoms with E-state index in [1.54, 1.807) is 13.8 Å². The third kappa shape index (κ3) is 8.48. The summed E-state index contributed by atoms with van der Waals surface area (Å²) < 4.78 is 4.90. The average molecular weight is 260 g/mol. The van der Waals surface area contributed by atoms with E-state index in [4.69, 9.17) is 10.5 Å². The largest absolute Gasteiger partial charge is 0.370 e. The minimum absolute atomic E-state index is 0.152. The summed E-state index contributed by atoms with van der Waals surface area (Å²) in [5.74, 6) is -0.979. The zero-order valence-corrected chi connectivity index (χ0v) is 10.6. The maximum atomic E-state index is 11.5. The van der Waals surface area contributed by atoms with Crippen LogP contribution in [0.25, 0.3) is 0 Å². The second-order valence-electron chi connectivity index (χ2n) is 3.54. The van der Waals surface area contributed by atoms with Crippen LogP contribution in [0, 0.1) is 0 Å². The van der Waals surface area contributed by atoms with Crippen molar-refractivity contribution in [1.82, 2.24) is 16.0 Å². The third-order valence-electron chi connectivity index (χ3n) is 1.91. The topological polar surface area (TPSA) is 123 Å². The van der Waals surface area contributed by atoms with Crippen molar-refractivity contribution in [1.29, 1.82) is 0 Å². The van der Waals surface area contributed by atoms with Crippen LogP contribution in [0.5, 0.6) is 0 Å². The lowest BCUT2D eigenvalue weighted by Gasteiger charge is -2.13. The first-order valence-electron chi connectivity index (χ1n) is 5.65. The van der Waals surface area contributed by atoms with Crippen LogP contribution in [0.2, 0.25) is 0 Å². The molecule has 104 valence electrons. The molecular weight excluding hydrogens is 240 g/mol. The van der Waals surface area contributed by atoms with E-state index in [2.05, 4.69) is 16.0 Å². The molecule has 0 saturated carbocycles. The van der Waals surface area contributed by atoms with Gasteiger partial charge in [0.05, 0.1) is 12.6 Å². The fourth-order valence-corrected chi connectivity index (χ4v) is 1.04. The number of urea groups is 1. The number of nitrogens with two attached hydrogens (primary N) is 1. The Labute approximate surface area is 106 Å². The lowest BCUT2D eigenvalue weighted by Crippen LogP contribution is -2.48. The zero-order valence-electron chi connectivity index (χ0n) is 10.6. The molecule has 0 spiro atoms. The van der Waals surface area contributed by atoms with Gasteiger partial charge in [-0.1, -0.05) is 0 Å². The summed E-state index contributed by atoms with van der Waals surface area (Å²) in [6.45, 7) is 4.28. The summed E-state index contributed by atoms with van der Waals surface area (Å²) in [5.41, 5.74) is 4.87. The molecule has 1 atom stereocenters. The van der Waals surface area contributed by atoms with Gasteiger partial charge in [0.1, 0.15) is 6.61 Å². The Balaban J connectivity index is 3.68. The van der Waals surface area contributed by atoms with Crippen molar-refractivity contribution in [2.45, 2.75) is 19.9 Å². The molecule has 4 amide bonds. The number of nitrogens with one attached hydrogen (secondary N) is 3. The number of carbonyl (C=O) groups excluding carboxylic acids is 3. The van der Waals surface area contributed by atoms with Crippen LogP contribution in [0.3, 0.4) is 0 Å². The molecule has 1 unspecified atom stereocenters. The number of hydrogen-bond acceptors (Lipinski definition) is 5. The summed E-state index contributed by atoms with van der Waals surface area (Å²) in [7, 11) is 0. The normalized spacial score (nSPS) is 11.7. The van der Waals surface area contributed by atoms with Gasteiger partial charge in [-0.15, -0.1) is 0 Å². The summed E-state index contributed by atoms with van der Waals surface area (Å²) in [5, 5.41) is 7.45. The molecular formula is C10H20N4O4. The van der Waals surface area contributed by atoms with Crippen LogP contribution >= 0.6 is 0 Å². The first-order valence-corrected chi connectivity index (χ1v) is 5.65. The molecule has 0 aliphatic heterocycles. The minimum Gasteiger partial charge on any atom is -0.370 e. The zero-order chi connectivity index (χ0) is 14.0. The molecule has 0 aliphatic rings. The molecule has 0 aromatic rings. The Morgan fingerprint density at radius 2 is 2.00 bits per heavy atom. The summed E-state index contributed by atoms with van der Waals surface area (Å²) in [4.78, 5) is 32.9. The Morgan fingerprint density at radius 3 is 2.56 bits per heavy atom. The highest BCUT2D eigenvalue weighted by molar-refractivity contribution is 5.96. The highest BCUT2D eigenvalue weighted by atomic mass is 16.5. The van der Waals surface area contributed by atoms with E-state index in [0.29, 0.717) is 13.1 Å². The van der Waals surface area contributed by atoms with Crippen LogP contribution in [-0.4, -0.2) is 50.2 Å². The van der Waals surface area contributed by atoms with E-state index in [1.165, 1.54) is 0 Å². The number of imide groups is 1. The van der Waals surface area contributed by atoms with Crippen LogP contribution < -0.4 is 21.7 Å². The summed E-state index contributed by atoms with van der Waals surface area (Å²) in [6, 6.07) is -1.06. The summed E-state index contributed by atoms with van der Waals surface area (Å²) >= 11 is 0. The molecule has 0 aromatic carbocycles. The second kappa shape index (κ2) is 9.37. The van der Waals surface area contributed by atoms with Gasteiger partial charge in [-0.3, -0.25) is 14.9 Å². The number of rotatable bonds is 8. The smallest absolute Gasteiger partial charge is 0.321 e. The van der Waals surface area contributed by atoms with Gasteiger partial charge < -0.3 is 21.1 Å². The van der Waals surface area contributed by atoms with Crippen molar-refractivity contribution < 1.29 is 19.1 Å². The fraction of sp³-hybridized carbons (Fsp3) is 0.700. The minimum atomic E-state index is -0.544. The van der Waals surface area contributed by atoms with Crippen LogP contribution in [0.15, 0.2) is 0 Å². The molecule has 0 saturated heterocycles. The fourth-order valence-electron chi connectivity index (χ4n) is 1.04. The van der Waals surface area contributed by atoms with Gasteiger partial charge in [0.2, 0.25) is 11.8 Å². The monoisotopic (exact) mass is 260 g/mol. The molecule has 5 N–H and O–H groups in total. The van der Waals surface area contributed by atoms with Gasteiger partial charge in [0, 0.05) is 13.1 Å². The SMILES string of the molecule is CCNC(=O)NC(=O)C(C)NCCOCC(N)=O. The van der Waals surface area contributed by atoms with E-state index >= 15 is 0 Å². The Hall–Kier alpha value is -1.67. The molecule has 18 heavy (non-hydrogen) atoms. The quantitative estimate of drug-likeness (QED) is 0.388. The Bertz CT molecular complexity index is 296. The van der Waals surface area contributed by atoms with E-state index in [1.807, 2.05) is 0 Å². The predicted molar refractivity (Wildman–Crippen MR) is 64.7 cm³/mol. The molecule has 0 rings (SSSR count). The molecule has 8 nitrogen and oxygen atoms in total. The van der Waals surface area contributed by atoms with Gasteiger partial charge >= 0.3 is 6.03 Å². The van der Waals surface area contributed by atoms with E-state index in [-0.39, 0.29) is 13.2 Å². The van der Waals surface area contributed by atoms with Crippen molar-refractivity contribution in [2.75, 3.05) is 26.3 Å².